The van der Waals surface area contributed by atoms with E-state index in [1.54, 1.807) is 18.2 Å². The van der Waals surface area contributed by atoms with Crippen LogP contribution in [0.2, 0.25) is 0 Å². The maximum Gasteiger partial charge on any atom is 0.337 e. The van der Waals surface area contributed by atoms with Crippen molar-refractivity contribution in [3.8, 4) is 0 Å². The molecule has 0 aliphatic heterocycles. The molecule has 3 heteroatoms. The van der Waals surface area contributed by atoms with E-state index < -0.39 is 5.97 Å². The van der Waals surface area contributed by atoms with Crippen molar-refractivity contribution < 1.29 is 9.90 Å². The van der Waals surface area contributed by atoms with Crippen LogP contribution in [0.4, 0.5) is 5.69 Å². The number of hydrogen-bond acceptors (Lipinski definition) is 2. The van der Waals surface area contributed by atoms with Crippen LogP contribution in [0.5, 0.6) is 0 Å². The molecule has 0 amide bonds. The topological polar surface area (TPSA) is 49.3 Å². The van der Waals surface area contributed by atoms with Gasteiger partial charge in [0.05, 0.1) is 5.56 Å². The summed E-state index contributed by atoms with van der Waals surface area (Å²) in [4.78, 5) is 11.0. The van der Waals surface area contributed by atoms with E-state index in [2.05, 4.69) is 17.4 Å². The summed E-state index contributed by atoms with van der Waals surface area (Å²) in [5.41, 5.74) is 2.31. The predicted molar refractivity (Wildman–Crippen MR) is 76.7 cm³/mol. The van der Waals surface area contributed by atoms with Gasteiger partial charge in [-0.2, -0.15) is 0 Å². The van der Waals surface area contributed by atoms with E-state index >= 15 is 0 Å². The van der Waals surface area contributed by atoms with Gasteiger partial charge >= 0.3 is 5.97 Å². The first-order valence-corrected chi connectivity index (χ1v) is 6.37. The van der Waals surface area contributed by atoms with Crippen LogP contribution in [0.15, 0.2) is 54.6 Å². The molecule has 0 fully saturated rings. The summed E-state index contributed by atoms with van der Waals surface area (Å²) in [6.45, 7) is 0.763. The smallest absolute Gasteiger partial charge is 0.337 e. The largest absolute Gasteiger partial charge is 0.478 e. The summed E-state index contributed by atoms with van der Waals surface area (Å²) in [7, 11) is 0. The van der Waals surface area contributed by atoms with Gasteiger partial charge in [-0.1, -0.05) is 42.5 Å². The molecule has 0 spiro atoms. The van der Waals surface area contributed by atoms with E-state index in [9.17, 15) is 4.79 Å². The number of anilines is 1. The minimum atomic E-state index is -0.897. The molecule has 0 aliphatic carbocycles. The lowest BCUT2D eigenvalue weighted by molar-refractivity contribution is 0.0698. The van der Waals surface area contributed by atoms with Crippen LogP contribution in [0.1, 0.15) is 22.3 Å². The van der Waals surface area contributed by atoms with Crippen molar-refractivity contribution in [1.29, 1.82) is 0 Å². The molecule has 0 unspecified atom stereocenters. The van der Waals surface area contributed by atoms with Crippen LogP contribution in [0, 0.1) is 0 Å². The van der Waals surface area contributed by atoms with Gasteiger partial charge < -0.3 is 10.4 Å². The molecule has 0 radical (unpaired) electrons. The molecule has 0 saturated heterocycles. The van der Waals surface area contributed by atoms with Gasteiger partial charge in [-0.05, 0) is 30.5 Å². The molecule has 0 aromatic heterocycles. The average molecular weight is 255 g/mol. The van der Waals surface area contributed by atoms with E-state index in [-0.39, 0.29) is 0 Å². The molecular formula is C16H17NO2. The fraction of sp³-hybridized carbons (Fsp3) is 0.188. The fourth-order valence-corrected chi connectivity index (χ4v) is 1.98. The Morgan fingerprint density at radius 2 is 1.68 bits per heavy atom. The second kappa shape index (κ2) is 6.59. The number of para-hydroxylation sites is 1. The van der Waals surface area contributed by atoms with Crippen LogP contribution < -0.4 is 5.32 Å². The quantitative estimate of drug-likeness (QED) is 0.777. The van der Waals surface area contributed by atoms with Crippen molar-refractivity contribution in [3.05, 3.63) is 65.7 Å². The number of nitrogens with one attached hydrogen (secondary N) is 1. The second-order valence-electron chi connectivity index (χ2n) is 4.37. The van der Waals surface area contributed by atoms with Gasteiger partial charge in [0, 0.05) is 12.2 Å². The third-order valence-corrected chi connectivity index (χ3v) is 2.96. The van der Waals surface area contributed by atoms with Gasteiger partial charge in [0.15, 0.2) is 0 Å². The number of hydrogen-bond donors (Lipinski definition) is 2. The molecule has 3 nitrogen and oxygen atoms in total. The summed E-state index contributed by atoms with van der Waals surface area (Å²) in [5.74, 6) is -0.897. The minimum Gasteiger partial charge on any atom is -0.478 e. The van der Waals surface area contributed by atoms with Gasteiger partial charge in [0.2, 0.25) is 0 Å². The number of carboxylic acids is 1. The van der Waals surface area contributed by atoms with Crippen molar-refractivity contribution in [1.82, 2.24) is 0 Å². The molecule has 0 bridgehead atoms. The van der Waals surface area contributed by atoms with E-state index in [1.807, 2.05) is 24.3 Å². The zero-order valence-corrected chi connectivity index (χ0v) is 10.7. The third kappa shape index (κ3) is 3.85. The molecule has 0 heterocycles. The first-order valence-electron chi connectivity index (χ1n) is 6.37. The molecule has 98 valence electrons. The number of benzene rings is 2. The second-order valence-corrected chi connectivity index (χ2v) is 4.37. The highest BCUT2D eigenvalue weighted by atomic mass is 16.4. The maximum atomic E-state index is 11.0. The highest BCUT2D eigenvalue weighted by Gasteiger charge is 2.07. The van der Waals surface area contributed by atoms with Crippen LogP contribution in [-0.4, -0.2) is 17.6 Å². The molecule has 0 saturated carbocycles. The molecule has 2 aromatic carbocycles. The van der Waals surface area contributed by atoms with Gasteiger partial charge in [-0.3, -0.25) is 0 Å². The number of rotatable bonds is 6. The van der Waals surface area contributed by atoms with E-state index in [0.717, 1.165) is 19.4 Å². The Labute approximate surface area is 112 Å². The van der Waals surface area contributed by atoms with Crippen LogP contribution in [0.25, 0.3) is 0 Å². The number of carboxylic acid groups (broad SMARTS) is 1. The van der Waals surface area contributed by atoms with Gasteiger partial charge in [-0.25, -0.2) is 4.79 Å². The number of carbonyl (C=O) groups is 1. The lowest BCUT2D eigenvalue weighted by Crippen LogP contribution is -2.08. The van der Waals surface area contributed by atoms with Crippen molar-refractivity contribution in [2.24, 2.45) is 0 Å². The van der Waals surface area contributed by atoms with Crippen molar-refractivity contribution in [3.63, 3.8) is 0 Å². The molecular weight excluding hydrogens is 238 g/mol. The average Bonchev–Trinajstić information content (AvgIpc) is 2.45. The Bertz CT molecular complexity index is 537. The lowest BCUT2D eigenvalue weighted by Gasteiger charge is -2.09. The van der Waals surface area contributed by atoms with Crippen molar-refractivity contribution in [2.45, 2.75) is 12.8 Å². The molecule has 0 atom stereocenters. The predicted octanol–water partition coefficient (Wildman–Crippen LogP) is 3.43. The first-order chi connectivity index (χ1) is 9.27. The zero-order chi connectivity index (χ0) is 13.5. The van der Waals surface area contributed by atoms with Gasteiger partial charge in [0.25, 0.3) is 0 Å². The monoisotopic (exact) mass is 255 g/mol. The summed E-state index contributed by atoms with van der Waals surface area (Å²) in [6, 6.07) is 17.3. The highest BCUT2D eigenvalue weighted by molar-refractivity contribution is 5.94. The molecule has 2 aromatic rings. The third-order valence-electron chi connectivity index (χ3n) is 2.96. The Kier molecular flexibility index (Phi) is 4.56. The summed E-state index contributed by atoms with van der Waals surface area (Å²) in [5, 5.41) is 12.2. The Morgan fingerprint density at radius 1 is 1.00 bits per heavy atom. The number of aryl methyl sites for hydroxylation is 1. The molecule has 2 rings (SSSR count). The summed E-state index contributed by atoms with van der Waals surface area (Å²) in [6.07, 6.45) is 1.96. The van der Waals surface area contributed by atoms with Crippen molar-refractivity contribution in [2.75, 3.05) is 11.9 Å². The summed E-state index contributed by atoms with van der Waals surface area (Å²) >= 11 is 0. The van der Waals surface area contributed by atoms with E-state index in [4.69, 9.17) is 5.11 Å². The van der Waals surface area contributed by atoms with Gasteiger partial charge in [0.1, 0.15) is 0 Å². The normalized spacial score (nSPS) is 10.1. The fourth-order valence-electron chi connectivity index (χ4n) is 1.98. The van der Waals surface area contributed by atoms with Crippen LogP contribution >= 0.6 is 0 Å². The molecule has 19 heavy (non-hydrogen) atoms. The van der Waals surface area contributed by atoms with Crippen LogP contribution in [0.3, 0.4) is 0 Å². The Morgan fingerprint density at radius 3 is 2.42 bits per heavy atom. The minimum absolute atomic E-state index is 0.321. The van der Waals surface area contributed by atoms with Crippen LogP contribution in [-0.2, 0) is 6.42 Å². The Balaban J connectivity index is 1.85. The first kappa shape index (κ1) is 13.1. The molecule has 0 aliphatic rings. The van der Waals surface area contributed by atoms with E-state index in [0.29, 0.717) is 11.3 Å². The lowest BCUT2D eigenvalue weighted by atomic mass is 10.1. The SMILES string of the molecule is O=C(O)c1ccccc1NCCCc1ccccc1. The molecule has 2 N–H and O–H groups in total. The standard InChI is InChI=1S/C16H17NO2/c18-16(19)14-10-4-5-11-15(14)17-12-6-9-13-7-2-1-3-8-13/h1-5,7-8,10-11,17H,6,9,12H2,(H,18,19). The van der Waals surface area contributed by atoms with Gasteiger partial charge in [-0.15, -0.1) is 0 Å². The Hall–Kier alpha value is -2.29. The summed E-state index contributed by atoms with van der Waals surface area (Å²) < 4.78 is 0. The highest BCUT2D eigenvalue weighted by Crippen LogP contribution is 2.15. The number of aromatic carboxylic acids is 1. The zero-order valence-electron chi connectivity index (χ0n) is 10.7. The van der Waals surface area contributed by atoms with E-state index in [1.165, 1.54) is 5.56 Å². The van der Waals surface area contributed by atoms with Crippen molar-refractivity contribution >= 4 is 11.7 Å². The maximum absolute atomic E-state index is 11.0.